The first-order chi connectivity index (χ1) is 14.5. The van der Waals surface area contributed by atoms with Crippen molar-refractivity contribution in [1.82, 2.24) is 0 Å². The molecule has 0 saturated heterocycles. The molecule has 3 rings (SSSR count). The zero-order valence-corrected chi connectivity index (χ0v) is 19.3. The lowest BCUT2D eigenvalue weighted by Crippen LogP contribution is -2.00. The molecule has 0 spiro atoms. The van der Waals surface area contributed by atoms with Crippen LogP contribution in [0.5, 0.6) is 11.5 Å². The van der Waals surface area contributed by atoms with E-state index in [2.05, 4.69) is 22.0 Å². The Kier molecular flexibility index (Phi) is 7.81. The minimum Gasteiger partial charge on any atom is -0.490 e. The predicted molar refractivity (Wildman–Crippen MR) is 126 cm³/mol. The zero-order valence-electron chi connectivity index (χ0n) is 16.2. The highest BCUT2D eigenvalue weighted by molar-refractivity contribution is 9.10. The Hall–Kier alpha value is -2.45. The third-order valence-corrected chi connectivity index (χ3v) is 5.52. The number of allylic oxidation sites excluding steroid dienone is 1. The summed E-state index contributed by atoms with van der Waals surface area (Å²) in [6, 6.07) is 20.6. The Labute approximate surface area is 194 Å². The zero-order chi connectivity index (χ0) is 21.5. The summed E-state index contributed by atoms with van der Waals surface area (Å²) in [6.07, 6.45) is 1.77. The molecule has 3 nitrogen and oxygen atoms in total. The van der Waals surface area contributed by atoms with Crippen LogP contribution >= 0.6 is 39.1 Å². The number of hydrogen-bond acceptors (Lipinski definition) is 3. The molecule has 6 heteroatoms. The first kappa shape index (κ1) is 22.2. The Morgan fingerprint density at radius 3 is 2.40 bits per heavy atom. The van der Waals surface area contributed by atoms with Gasteiger partial charge in [-0.25, -0.2) is 0 Å². The van der Waals surface area contributed by atoms with Gasteiger partial charge in [0.2, 0.25) is 0 Å². The maximum absolute atomic E-state index is 9.66. The van der Waals surface area contributed by atoms with Crippen molar-refractivity contribution >= 4 is 50.8 Å². The summed E-state index contributed by atoms with van der Waals surface area (Å²) in [6.45, 7) is 2.77. The largest absolute Gasteiger partial charge is 0.490 e. The molecule has 0 saturated carbocycles. The summed E-state index contributed by atoms with van der Waals surface area (Å²) in [7, 11) is 0. The number of benzene rings is 3. The topological polar surface area (TPSA) is 42.2 Å². The van der Waals surface area contributed by atoms with Crippen molar-refractivity contribution in [2.24, 2.45) is 0 Å². The minimum atomic E-state index is 0.377. The van der Waals surface area contributed by atoms with Crippen LogP contribution in [-0.4, -0.2) is 6.61 Å². The van der Waals surface area contributed by atoms with Gasteiger partial charge in [-0.3, -0.25) is 0 Å². The van der Waals surface area contributed by atoms with Crippen LogP contribution in [0.2, 0.25) is 10.0 Å². The minimum absolute atomic E-state index is 0.377. The molecule has 152 valence electrons. The summed E-state index contributed by atoms with van der Waals surface area (Å²) in [5, 5.41) is 10.9. The standard InChI is InChI=1S/C24H18BrCl2NO2/c1-2-29-23-12-17(11-18(14-28)20-5-3-4-6-22(20)27)21(25)13-24(23)30-15-16-7-9-19(26)10-8-16/h3-13H,2,15H2,1H3. The Morgan fingerprint density at radius 1 is 1.03 bits per heavy atom. The summed E-state index contributed by atoms with van der Waals surface area (Å²) in [5.74, 6) is 1.20. The first-order valence-corrected chi connectivity index (χ1v) is 10.8. The molecule has 0 aliphatic heterocycles. The van der Waals surface area contributed by atoms with Crippen LogP contribution < -0.4 is 9.47 Å². The highest BCUT2D eigenvalue weighted by Gasteiger charge is 2.13. The van der Waals surface area contributed by atoms with Crippen LogP contribution in [0.1, 0.15) is 23.6 Å². The molecule has 0 fully saturated rings. The molecule has 0 N–H and O–H groups in total. The third kappa shape index (κ3) is 5.58. The highest BCUT2D eigenvalue weighted by atomic mass is 79.9. The van der Waals surface area contributed by atoms with E-state index in [-0.39, 0.29) is 0 Å². The second-order valence-corrected chi connectivity index (χ2v) is 8.02. The molecule has 0 aromatic heterocycles. The van der Waals surface area contributed by atoms with Gasteiger partial charge >= 0.3 is 0 Å². The van der Waals surface area contributed by atoms with Crippen molar-refractivity contribution in [3.05, 3.63) is 91.9 Å². The molecule has 0 amide bonds. The van der Waals surface area contributed by atoms with Crippen LogP contribution in [0.4, 0.5) is 0 Å². The number of nitriles is 1. The molecular formula is C24H18BrCl2NO2. The van der Waals surface area contributed by atoms with E-state index in [1.165, 1.54) is 0 Å². The van der Waals surface area contributed by atoms with Gasteiger partial charge in [-0.1, -0.05) is 69.5 Å². The van der Waals surface area contributed by atoms with Gasteiger partial charge in [0, 0.05) is 20.1 Å². The molecule has 3 aromatic carbocycles. The number of halogens is 3. The van der Waals surface area contributed by atoms with E-state index >= 15 is 0 Å². The SMILES string of the molecule is CCOc1cc(C=C(C#N)c2ccccc2Cl)c(Br)cc1OCc1ccc(Cl)cc1. The molecule has 3 aromatic rings. The smallest absolute Gasteiger partial charge is 0.162 e. The molecular weight excluding hydrogens is 485 g/mol. The van der Waals surface area contributed by atoms with Crippen molar-refractivity contribution in [3.8, 4) is 17.6 Å². The molecule has 0 radical (unpaired) electrons. The summed E-state index contributed by atoms with van der Waals surface area (Å²) in [4.78, 5) is 0. The Balaban J connectivity index is 1.93. The van der Waals surface area contributed by atoms with E-state index in [0.29, 0.717) is 45.9 Å². The van der Waals surface area contributed by atoms with Crippen LogP contribution in [0.25, 0.3) is 11.6 Å². The summed E-state index contributed by atoms with van der Waals surface area (Å²) in [5.41, 5.74) is 2.91. The maximum atomic E-state index is 9.66. The van der Waals surface area contributed by atoms with Crippen LogP contribution in [0.15, 0.2) is 65.1 Å². The van der Waals surface area contributed by atoms with Crippen molar-refractivity contribution in [3.63, 3.8) is 0 Å². The predicted octanol–water partition coefficient (Wildman–Crippen LogP) is 7.80. The lowest BCUT2D eigenvalue weighted by Gasteiger charge is -2.14. The molecule has 0 bridgehead atoms. The quantitative estimate of drug-likeness (QED) is 0.244. The molecule has 0 aliphatic rings. The lowest BCUT2D eigenvalue weighted by atomic mass is 10.0. The van der Waals surface area contributed by atoms with E-state index in [1.54, 1.807) is 12.1 Å². The van der Waals surface area contributed by atoms with Crippen LogP contribution in [0, 0.1) is 11.3 Å². The van der Waals surface area contributed by atoms with Gasteiger partial charge in [0.05, 0.1) is 18.2 Å². The van der Waals surface area contributed by atoms with Gasteiger partial charge in [-0.05, 0) is 54.5 Å². The average molecular weight is 503 g/mol. The number of nitrogens with zero attached hydrogens (tertiary/aromatic N) is 1. The lowest BCUT2D eigenvalue weighted by molar-refractivity contribution is 0.269. The number of hydrogen-bond donors (Lipinski definition) is 0. The first-order valence-electron chi connectivity index (χ1n) is 9.22. The van der Waals surface area contributed by atoms with E-state index < -0.39 is 0 Å². The fraction of sp³-hybridized carbons (Fsp3) is 0.125. The summed E-state index contributed by atoms with van der Waals surface area (Å²) < 4.78 is 12.5. The second-order valence-electron chi connectivity index (χ2n) is 6.32. The molecule has 0 unspecified atom stereocenters. The monoisotopic (exact) mass is 501 g/mol. The van der Waals surface area contributed by atoms with Gasteiger partial charge in [0.1, 0.15) is 6.61 Å². The van der Waals surface area contributed by atoms with Crippen LogP contribution in [-0.2, 0) is 6.61 Å². The van der Waals surface area contributed by atoms with Gasteiger partial charge in [0.25, 0.3) is 0 Å². The molecule has 0 aliphatic carbocycles. The number of ether oxygens (including phenoxy) is 2. The van der Waals surface area contributed by atoms with Gasteiger partial charge < -0.3 is 9.47 Å². The van der Waals surface area contributed by atoms with E-state index in [9.17, 15) is 5.26 Å². The normalized spacial score (nSPS) is 11.1. The molecule has 0 atom stereocenters. The van der Waals surface area contributed by atoms with Crippen molar-refractivity contribution < 1.29 is 9.47 Å². The van der Waals surface area contributed by atoms with Crippen molar-refractivity contribution in [1.29, 1.82) is 5.26 Å². The van der Waals surface area contributed by atoms with E-state index in [4.69, 9.17) is 32.7 Å². The Morgan fingerprint density at radius 2 is 1.73 bits per heavy atom. The van der Waals surface area contributed by atoms with Crippen molar-refractivity contribution in [2.75, 3.05) is 6.61 Å². The van der Waals surface area contributed by atoms with Crippen molar-refractivity contribution in [2.45, 2.75) is 13.5 Å². The van der Waals surface area contributed by atoms with E-state index in [1.807, 2.05) is 61.5 Å². The second kappa shape index (κ2) is 10.5. The highest BCUT2D eigenvalue weighted by Crippen LogP contribution is 2.36. The van der Waals surface area contributed by atoms with Gasteiger partial charge in [-0.15, -0.1) is 0 Å². The average Bonchev–Trinajstić information content (AvgIpc) is 2.74. The fourth-order valence-corrected chi connectivity index (χ4v) is 3.59. The fourth-order valence-electron chi connectivity index (χ4n) is 2.79. The Bertz CT molecular complexity index is 1110. The summed E-state index contributed by atoms with van der Waals surface area (Å²) >= 11 is 15.8. The van der Waals surface area contributed by atoms with Gasteiger partial charge in [0.15, 0.2) is 11.5 Å². The number of rotatable bonds is 7. The van der Waals surface area contributed by atoms with Crippen LogP contribution in [0.3, 0.4) is 0 Å². The molecule has 0 heterocycles. The van der Waals surface area contributed by atoms with Gasteiger partial charge in [-0.2, -0.15) is 5.26 Å². The third-order valence-electron chi connectivity index (χ3n) is 4.25. The molecule has 30 heavy (non-hydrogen) atoms. The van der Waals surface area contributed by atoms with E-state index in [0.717, 1.165) is 15.6 Å². The maximum Gasteiger partial charge on any atom is 0.162 e.